The van der Waals surface area contributed by atoms with E-state index >= 15 is 0 Å². The largest absolute Gasteiger partial charge is 0.482 e. The summed E-state index contributed by atoms with van der Waals surface area (Å²) in [4.78, 5) is 39.0. The summed E-state index contributed by atoms with van der Waals surface area (Å²) in [5.74, 6) is -0.429. The maximum atomic E-state index is 12.6. The molecule has 0 bridgehead atoms. The predicted molar refractivity (Wildman–Crippen MR) is 111 cm³/mol. The number of carbonyl (C=O) groups is 2. The Morgan fingerprint density at radius 1 is 1.13 bits per heavy atom. The van der Waals surface area contributed by atoms with Crippen molar-refractivity contribution in [3.05, 3.63) is 58.1 Å². The maximum absolute atomic E-state index is 12.6. The molecule has 2 aliphatic heterocycles. The molecule has 0 aliphatic carbocycles. The number of hydrogen-bond acceptors (Lipinski definition) is 6. The van der Waals surface area contributed by atoms with Gasteiger partial charge in [0.1, 0.15) is 12.3 Å². The van der Waals surface area contributed by atoms with Crippen LogP contribution >= 0.6 is 0 Å². The van der Waals surface area contributed by atoms with E-state index in [0.717, 1.165) is 37.2 Å². The normalized spacial score (nSPS) is 15.5. The van der Waals surface area contributed by atoms with E-state index in [0.29, 0.717) is 12.3 Å². The SMILES string of the molecule is O=C(CN1C(=O)COc2ccc([N+](=O)[O-])cc21)NCc1ccccc1N1CCCC1. The molecule has 0 unspecified atom stereocenters. The van der Waals surface area contributed by atoms with Crippen LogP contribution in [-0.2, 0) is 16.1 Å². The predicted octanol–water partition coefficient (Wildman–Crippen LogP) is 2.24. The third kappa shape index (κ3) is 4.05. The molecule has 9 nitrogen and oxygen atoms in total. The summed E-state index contributed by atoms with van der Waals surface area (Å²) < 4.78 is 5.33. The van der Waals surface area contributed by atoms with Crippen LogP contribution in [0.2, 0.25) is 0 Å². The van der Waals surface area contributed by atoms with Crippen molar-refractivity contribution in [2.24, 2.45) is 0 Å². The smallest absolute Gasteiger partial charge is 0.271 e. The van der Waals surface area contributed by atoms with E-state index < -0.39 is 10.8 Å². The third-order valence-electron chi connectivity index (χ3n) is 5.31. The fourth-order valence-corrected chi connectivity index (χ4v) is 3.80. The summed E-state index contributed by atoms with van der Waals surface area (Å²) in [6.07, 6.45) is 2.32. The number of fused-ring (bicyclic) bond motifs is 1. The molecule has 30 heavy (non-hydrogen) atoms. The van der Waals surface area contributed by atoms with Crippen molar-refractivity contribution < 1.29 is 19.2 Å². The van der Waals surface area contributed by atoms with Crippen molar-refractivity contribution in [1.29, 1.82) is 0 Å². The zero-order valence-electron chi connectivity index (χ0n) is 16.4. The number of nitro benzene ring substituents is 1. The Morgan fingerprint density at radius 3 is 2.67 bits per heavy atom. The molecular formula is C21H22N4O5. The van der Waals surface area contributed by atoms with E-state index in [-0.39, 0.29) is 30.4 Å². The molecule has 2 heterocycles. The number of anilines is 2. The number of nitrogens with zero attached hydrogens (tertiary/aromatic N) is 3. The van der Waals surface area contributed by atoms with Gasteiger partial charge in [0, 0.05) is 37.5 Å². The topological polar surface area (TPSA) is 105 Å². The molecule has 4 rings (SSSR count). The standard InChI is InChI=1S/C21H22N4O5/c26-20(22-12-15-5-1-2-6-17(15)23-9-3-4-10-23)13-24-18-11-16(25(28)29)7-8-19(18)30-14-21(24)27/h1-2,5-8,11H,3-4,9-10,12-14H2,(H,22,26). The molecule has 2 aliphatic rings. The summed E-state index contributed by atoms with van der Waals surface area (Å²) in [5.41, 5.74) is 2.18. The molecule has 2 aromatic rings. The van der Waals surface area contributed by atoms with Gasteiger partial charge in [0.05, 0.1) is 10.6 Å². The summed E-state index contributed by atoms with van der Waals surface area (Å²) in [5, 5.41) is 13.9. The van der Waals surface area contributed by atoms with Crippen molar-refractivity contribution in [2.45, 2.75) is 19.4 Å². The average molecular weight is 410 g/mol. The van der Waals surface area contributed by atoms with Gasteiger partial charge in [-0.15, -0.1) is 0 Å². The number of non-ortho nitro benzene ring substituents is 1. The number of para-hydroxylation sites is 1. The van der Waals surface area contributed by atoms with E-state index in [4.69, 9.17) is 4.74 Å². The second kappa shape index (κ2) is 8.40. The minimum atomic E-state index is -0.549. The van der Waals surface area contributed by atoms with Gasteiger partial charge in [-0.3, -0.25) is 24.6 Å². The number of benzene rings is 2. The number of nitro groups is 1. The van der Waals surface area contributed by atoms with Crippen molar-refractivity contribution in [3.8, 4) is 5.75 Å². The number of hydrogen-bond donors (Lipinski definition) is 1. The average Bonchev–Trinajstić information content (AvgIpc) is 3.29. The minimum absolute atomic E-state index is 0.169. The van der Waals surface area contributed by atoms with Gasteiger partial charge < -0.3 is 15.0 Å². The van der Waals surface area contributed by atoms with Crippen LogP contribution in [0.3, 0.4) is 0 Å². The molecule has 1 fully saturated rings. The van der Waals surface area contributed by atoms with Crippen molar-refractivity contribution in [3.63, 3.8) is 0 Å². The first-order valence-electron chi connectivity index (χ1n) is 9.84. The maximum Gasteiger partial charge on any atom is 0.271 e. The lowest BCUT2D eigenvalue weighted by molar-refractivity contribution is -0.384. The monoisotopic (exact) mass is 410 g/mol. The van der Waals surface area contributed by atoms with Crippen LogP contribution in [0.25, 0.3) is 0 Å². The third-order valence-corrected chi connectivity index (χ3v) is 5.31. The molecule has 156 valence electrons. The van der Waals surface area contributed by atoms with Crippen molar-refractivity contribution in [2.75, 3.05) is 36.0 Å². The Morgan fingerprint density at radius 2 is 1.90 bits per heavy atom. The summed E-state index contributed by atoms with van der Waals surface area (Å²) in [6, 6.07) is 11.9. The van der Waals surface area contributed by atoms with Gasteiger partial charge in [-0.2, -0.15) is 0 Å². The lowest BCUT2D eigenvalue weighted by Crippen LogP contribution is -2.45. The Balaban J connectivity index is 1.46. The van der Waals surface area contributed by atoms with Crippen LogP contribution in [0, 0.1) is 10.1 Å². The highest BCUT2D eigenvalue weighted by atomic mass is 16.6. The molecule has 0 atom stereocenters. The molecule has 2 aromatic carbocycles. The summed E-state index contributed by atoms with van der Waals surface area (Å²) >= 11 is 0. The van der Waals surface area contributed by atoms with Crippen molar-refractivity contribution >= 4 is 28.9 Å². The van der Waals surface area contributed by atoms with E-state index in [1.165, 1.54) is 23.1 Å². The first-order valence-corrected chi connectivity index (χ1v) is 9.84. The molecule has 0 aromatic heterocycles. The van der Waals surface area contributed by atoms with Crippen LogP contribution in [0.15, 0.2) is 42.5 Å². The van der Waals surface area contributed by atoms with Gasteiger partial charge in [-0.1, -0.05) is 18.2 Å². The first-order chi connectivity index (χ1) is 14.5. The minimum Gasteiger partial charge on any atom is -0.482 e. The van der Waals surface area contributed by atoms with Gasteiger partial charge in [0.15, 0.2) is 6.61 Å². The fourth-order valence-electron chi connectivity index (χ4n) is 3.80. The van der Waals surface area contributed by atoms with E-state index in [2.05, 4.69) is 10.2 Å². The highest BCUT2D eigenvalue weighted by molar-refractivity contribution is 6.02. The van der Waals surface area contributed by atoms with Crippen molar-refractivity contribution in [1.82, 2.24) is 5.32 Å². The number of rotatable bonds is 6. The lowest BCUT2D eigenvalue weighted by Gasteiger charge is -2.28. The molecule has 2 amide bonds. The first kappa shape index (κ1) is 19.7. The number of carbonyl (C=O) groups excluding carboxylic acids is 2. The Labute approximate surface area is 173 Å². The van der Waals surface area contributed by atoms with E-state index in [1.807, 2.05) is 24.3 Å². The molecule has 1 N–H and O–H groups in total. The summed E-state index contributed by atoms with van der Waals surface area (Å²) in [7, 11) is 0. The van der Waals surface area contributed by atoms with Crippen LogP contribution in [-0.4, -0.2) is 43.0 Å². The van der Waals surface area contributed by atoms with Gasteiger partial charge in [0.2, 0.25) is 5.91 Å². The van der Waals surface area contributed by atoms with Crippen LogP contribution in [0.1, 0.15) is 18.4 Å². The quantitative estimate of drug-likeness (QED) is 0.578. The number of ether oxygens (including phenoxy) is 1. The molecule has 0 spiro atoms. The highest BCUT2D eigenvalue weighted by Crippen LogP contribution is 2.35. The Kier molecular flexibility index (Phi) is 5.51. The van der Waals surface area contributed by atoms with Gasteiger partial charge in [-0.25, -0.2) is 0 Å². The Bertz CT molecular complexity index is 987. The second-order valence-electron chi connectivity index (χ2n) is 7.28. The molecule has 0 saturated carbocycles. The van der Waals surface area contributed by atoms with Gasteiger partial charge in [-0.05, 0) is 30.5 Å². The van der Waals surface area contributed by atoms with Gasteiger partial charge in [0.25, 0.3) is 11.6 Å². The van der Waals surface area contributed by atoms with Crippen LogP contribution < -0.4 is 19.9 Å². The van der Waals surface area contributed by atoms with Crippen LogP contribution in [0.4, 0.5) is 17.1 Å². The second-order valence-corrected chi connectivity index (χ2v) is 7.28. The Hall–Kier alpha value is -3.62. The molecular weight excluding hydrogens is 388 g/mol. The zero-order valence-corrected chi connectivity index (χ0v) is 16.4. The van der Waals surface area contributed by atoms with Gasteiger partial charge >= 0.3 is 0 Å². The number of amides is 2. The number of nitrogens with one attached hydrogen (secondary N) is 1. The summed E-state index contributed by atoms with van der Waals surface area (Å²) in [6.45, 7) is 1.90. The van der Waals surface area contributed by atoms with E-state index in [9.17, 15) is 19.7 Å². The van der Waals surface area contributed by atoms with Crippen LogP contribution in [0.5, 0.6) is 5.75 Å². The lowest BCUT2D eigenvalue weighted by atomic mass is 10.1. The zero-order chi connectivity index (χ0) is 21.1. The molecule has 1 saturated heterocycles. The fraction of sp³-hybridized carbons (Fsp3) is 0.333. The van der Waals surface area contributed by atoms with E-state index in [1.54, 1.807) is 0 Å². The molecule has 9 heteroatoms. The molecule has 0 radical (unpaired) electrons. The highest BCUT2D eigenvalue weighted by Gasteiger charge is 2.29.